The predicted molar refractivity (Wildman–Crippen MR) is 85.1 cm³/mol. The van der Waals surface area contributed by atoms with E-state index in [1.54, 1.807) is 32.4 Å². The molecule has 1 amide bonds. The molecule has 0 aliphatic heterocycles. The Morgan fingerprint density at radius 3 is 2.48 bits per heavy atom. The van der Waals surface area contributed by atoms with Crippen LogP contribution in [0.2, 0.25) is 0 Å². The molecule has 0 aliphatic carbocycles. The second-order valence-electron chi connectivity index (χ2n) is 5.54. The molecular formula is C16H26N2O3. The van der Waals surface area contributed by atoms with E-state index in [-0.39, 0.29) is 5.91 Å². The lowest BCUT2D eigenvalue weighted by Crippen LogP contribution is -2.31. The van der Waals surface area contributed by atoms with E-state index in [4.69, 9.17) is 9.47 Å². The number of amides is 1. The summed E-state index contributed by atoms with van der Waals surface area (Å²) in [4.78, 5) is 14.0. The summed E-state index contributed by atoms with van der Waals surface area (Å²) >= 11 is 0. The van der Waals surface area contributed by atoms with Crippen molar-refractivity contribution in [3.63, 3.8) is 0 Å². The van der Waals surface area contributed by atoms with Gasteiger partial charge in [0, 0.05) is 11.8 Å². The van der Waals surface area contributed by atoms with Crippen LogP contribution in [0, 0.1) is 5.92 Å². The minimum absolute atomic E-state index is 0.0338. The van der Waals surface area contributed by atoms with Gasteiger partial charge in [-0.25, -0.2) is 0 Å². The fraction of sp³-hybridized carbons (Fsp3) is 0.562. The summed E-state index contributed by atoms with van der Waals surface area (Å²) in [5.41, 5.74) is 0.704. The summed E-state index contributed by atoms with van der Waals surface area (Å²) in [5.74, 6) is 1.85. The average Bonchev–Trinajstić information content (AvgIpc) is 2.44. The smallest absolute Gasteiger partial charge is 0.238 e. The number of hydrogen-bond donors (Lipinski definition) is 1. The maximum Gasteiger partial charge on any atom is 0.238 e. The van der Waals surface area contributed by atoms with Crippen LogP contribution in [-0.2, 0) is 4.79 Å². The lowest BCUT2D eigenvalue weighted by molar-refractivity contribution is -0.117. The third-order valence-corrected chi connectivity index (χ3v) is 3.17. The highest BCUT2D eigenvalue weighted by Gasteiger charge is 2.10. The standard InChI is InChI=1S/C16H26N2O3/c1-12(2)8-9-18(3)11-16(19)17-13-6-7-14(20-4)15(10-13)21-5/h6-7,10,12H,8-9,11H2,1-5H3,(H,17,19). The van der Waals surface area contributed by atoms with Crippen molar-refractivity contribution in [1.29, 1.82) is 0 Å². The first-order valence-corrected chi connectivity index (χ1v) is 7.16. The first-order valence-electron chi connectivity index (χ1n) is 7.16. The molecule has 5 heteroatoms. The summed E-state index contributed by atoms with van der Waals surface area (Å²) in [6.07, 6.45) is 1.08. The van der Waals surface area contributed by atoms with E-state index in [0.29, 0.717) is 29.6 Å². The van der Waals surface area contributed by atoms with Crippen molar-refractivity contribution >= 4 is 11.6 Å². The van der Waals surface area contributed by atoms with Gasteiger partial charge in [0.05, 0.1) is 20.8 Å². The molecule has 5 nitrogen and oxygen atoms in total. The fourth-order valence-electron chi connectivity index (χ4n) is 1.92. The largest absolute Gasteiger partial charge is 0.493 e. The minimum atomic E-state index is -0.0338. The fourth-order valence-corrected chi connectivity index (χ4v) is 1.92. The first-order chi connectivity index (χ1) is 9.96. The molecule has 0 atom stereocenters. The quantitative estimate of drug-likeness (QED) is 0.801. The van der Waals surface area contributed by atoms with E-state index in [1.807, 2.05) is 11.9 Å². The Hall–Kier alpha value is -1.75. The monoisotopic (exact) mass is 294 g/mol. The van der Waals surface area contributed by atoms with E-state index >= 15 is 0 Å². The number of hydrogen-bond acceptors (Lipinski definition) is 4. The predicted octanol–water partition coefficient (Wildman–Crippen LogP) is 2.62. The van der Waals surface area contributed by atoms with Crippen LogP contribution in [0.5, 0.6) is 11.5 Å². The number of nitrogens with one attached hydrogen (secondary N) is 1. The van der Waals surface area contributed by atoms with E-state index in [0.717, 1.165) is 13.0 Å². The Balaban J connectivity index is 2.54. The molecule has 0 saturated carbocycles. The molecule has 0 unspecified atom stereocenters. The molecule has 0 spiro atoms. The summed E-state index contributed by atoms with van der Waals surface area (Å²) in [5, 5.41) is 2.87. The van der Waals surface area contributed by atoms with E-state index in [2.05, 4.69) is 19.2 Å². The second-order valence-corrected chi connectivity index (χ2v) is 5.54. The van der Waals surface area contributed by atoms with E-state index < -0.39 is 0 Å². The average molecular weight is 294 g/mol. The summed E-state index contributed by atoms with van der Waals surface area (Å²) in [6.45, 7) is 5.65. The Morgan fingerprint density at radius 2 is 1.90 bits per heavy atom. The zero-order chi connectivity index (χ0) is 15.8. The van der Waals surface area contributed by atoms with Crippen LogP contribution in [0.3, 0.4) is 0 Å². The van der Waals surface area contributed by atoms with Crippen LogP contribution in [0.15, 0.2) is 18.2 Å². The number of carbonyl (C=O) groups excluding carboxylic acids is 1. The van der Waals surface area contributed by atoms with Gasteiger partial charge in [0.25, 0.3) is 0 Å². The van der Waals surface area contributed by atoms with Crippen LogP contribution < -0.4 is 14.8 Å². The van der Waals surface area contributed by atoms with Gasteiger partial charge in [-0.3, -0.25) is 9.69 Å². The van der Waals surface area contributed by atoms with Crippen molar-refractivity contribution in [3.05, 3.63) is 18.2 Å². The normalized spacial score (nSPS) is 10.8. The lowest BCUT2D eigenvalue weighted by Gasteiger charge is -2.17. The van der Waals surface area contributed by atoms with Gasteiger partial charge in [0.2, 0.25) is 5.91 Å². The first kappa shape index (κ1) is 17.3. The van der Waals surface area contributed by atoms with Gasteiger partial charge in [-0.05, 0) is 38.1 Å². The highest BCUT2D eigenvalue weighted by molar-refractivity contribution is 5.92. The number of carbonyl (C=O) groups is 1. The van der Waals surface area contributed by atoms with Gasteiger partial charge in [0.1, 0.15) is 0 Å². The molecule has 0 aliphatic rings. The van der Waals surface area contributed by atoms with Gasteiger partial charge >= 0.3 is 0 Å². The van der Waals surface area contributed by atoms with Crippen LogP contribution in [0.1, 0.15) is 20.3 Å². The maximum absolute atomic E-state index is 12.0. The number of benzene rings is 1. The number of ether oxygens (including phenoxy) is 2. The molecule has 0 radical (unpaired) electrons. The van der Waals surface area contributed by atoms with Crippen molar-refractivity contribution in [2.75, 3.05) is 39.7 Å². The number of anilines is 1. The number of methoxy groups -OCH3 is 2. The van der Waals surface area contributed by atoms with E-state index in [1.165, 1.54) is 0 Å². The third kappa shape index (κ3) is 6.04. The minimum Gasteiger partial charge on any atom is -0.493 e. The van der Waals surface area contributed by atoms with Crippen LogP contribution in [0.25, 0.3) is 0 Å². The Morgan fingerprint density at radius 1 is 1.24 bits per heavy atom. The maximum atomic E-state index is 12.0. The highest BCUT2D eigenvalue weighted by Crippen LogP contribution is 2.29. The highest BCUT2D eigenvalue weighted by atomic mass is 16.5. The summed E-state index contributed by atoms with van der Waals surface area (Å²) in [7, 11) is 5.11. The van der Waals surface area contributed by atoms with Crippen molar-refractivity contribution in [2.45, 2.75) is 20.3 Å². The van der Waals surface area contributed by atoms with Gasteiger partial charge < -0.3 is 14.8 Å². The Kier molecular flexibility index (Phi) is 7.02. The third-order valence-electron chi connectivity index (χ3n) is 3.17. The molecule has 1 aromatic carbocycles. The molecule has 0 saturated heterocycles. The van der Waals surface area contributed by atoms with Crippen LogP contribution in [0.4, 0.5) is 5.69 Å². The zero-order valence-electron chi connectivity index (χ0n) is 13.6. The number of rotatable bonds is 8. The summed E-state index contributed by atoms with van der Waals surface area (Å²) in [6, 6.07) is 5.33. The molecule has 1 aromatic rings. The van der Waals surface area contributed by atoms with Gasteiger partial charge in [-0.15, -0.1) is 0 Å². The topological polar surface area (TPSA) is 50.8 Å². The van der Waals surface area contributed by atoms with Gasteiger partial charge in [-0.1, -0.05) is 13.8 Å². The van der Waals surface area contributed by atoms with Crippen molar-refractivity contribution in [1.82, 2.24) is 4.90 Å². The molecular weight excluding hydrogens is 268 g/mol. The van der Waals surface area contributed by atoms with Gasteiger partial charge in [-0.2, -0.15) is 0 Å². The molecule has 0 heterocycles. The van der Waals surface area contributed by atoms with Crippen LogP contribution >= 0.6 is 0 Å². The SMILES string of the molecule is COc1ccc(NC(=O)CN(C)CCC(C)C)cc1OC. The second kappa shape index (κ2) is 8.52. The zero-order valence-corrected chi connectivity index (χ0v) is 13.6. The Labute approximate surface area is 127 Å². The van der Waals surface area contributed by atoms with Gasteiger partial charge in [0.15, 0.2) is 11.5 Å². The molecule has 0 fully saturated rings. The van der Waals surface area contributed by atoms with E-state index in [9.17, 15) is 4.79 Å². The summed E-state index contributed by atoms with van der Waals surface area (Å²) < 4.78 is 10.4. The van der Waals surface area contributed by atoms with Crippen LogP contribution in [-0.4, -0.2) is 45.2 Å². The molecule has 21 heavy (non-hydrogen) atoms. The molecule has 1 N–H and O–H groups in total. The number of nitrogens with zero attached hydrogens (tertiary/aromatic N) is 1. The van der Waals surface area contributed by atoms with Crippen molar-refractivity contribution in [2.24, 2.45) is 5.92 Å². The lowest BCUT2D eigenvalue weighted by atomic mass is 10.1. The molecule has 0 aromatic heterocycles. The Bertz CT molecular complexity index is 461. The molecule has 0 bridgehead atoms. The molecule has 1 rings (SSSR count). The van der Waals surface area contributed by atoms with Crippen molar-refractivity contribution < 1.29 is 14.3 Å². The number of likely N-dealkylation sites (N-methyl/N-ethyl adjacent to an activating group) is 1. The molecule has 118 valence electrons. The van der Waals surface area contributed by atoms with Crippen molar-refractivity contribution in [3.8, 4) is 11.5 Å².